The lowest BCUT2D eigenvalue weighted by Crippen LogP contribution is -2.40. The number of carbonyl (C=O) groups excluding carboxylic acids is 1. The van der Waals surface area contributed by atoms with Gasteiger partial charge in [-0.3, -0.25) is 9.36 Å². The first-order valence-corrected chi connectivity index (χ1v) is 10.2. The molecule has 8 nitrogen and oxygen atoms in total. The number of amides is 1. The molecule has 3 aromatic rings. The molecule has 1 aliphatic heterocycles. The molecule has 9 heteroatoms. The zero-order valence-corrected chi connectivity index (χ0v) is 17.2. The Labute approximate surface area is 173 Å². The van der Waals surface area contributed by atoms with Crippen molar-refractivity contribution < 1.29 is 14.3 Å². The number of hydrogen-bond donors (Lipinski definition) is 1. The summed E-state index contributed by atoms with van der Waals surface area (Å²) in [6.07, 6.45) is 5.64. The van der Waals surface area contributed by atoms with Crippen LogP contribution in [0.25, 0.3) is 5.13 Å². The Kier molecular flexibility index (Phi) is 5.66. The van der Waals surface area contributed by atoms with Crippen molar-refractivity contribution in [3.05, 3.63) is 42.7 Å². The van der Waals surface area contributed by atoms with Crippen LogP contribution in [-0.2, 0) is 4.79 Å². The van der Waals surface area contributed by atoms with Gasteiger partial charge in [0.05, 0.1) is 25.8 Å². The highest BCUT2D eigenvalue weighted by atomic mass is 32.1. The Morgan fingerprint density at radius 1 is 1.17 bits per heavy atom. The molecule has 0 spiro atoms. The minimum atomic E-state index is -0.140. The van der Waals surface area contributed by atoms with E-state index >= 15 is 0 Å². The lowest BCUT2D eigenvalue weighted by molar-refractivity contribution is -0.120. The van der Waals surface area contributed by atoms with Crippen LogP contribution in [0.2, 0.25) is 0 Å². The van der Waals surface area contributed by atoms with E-state index in [4.69, 9.17) is 9.47 Å². The van der Waals surface area contributed by atoms with Gasteiger partial charge in [0.2, 0.25) is 16.2 Å². The second kappa shape index (κ2) is 8.52. The van der Waals surface area contributed by atoms with Gasteiger partial charge in [-0.1, -0.05) is 11.3 Å². The molecule has 0 aliphatic carbocycles. The zero-order valence-electron chi connectivity index (χ0n) is 16.4. The second-order valence-corrected chi connectivity index (χ2v) is 7.73. The van der Waals surface area contributed by atoms with Crippen LogP contribution in [0, 0.1) is 5.92 Å². The van der Waals surface area contributed by atoms with Gasteiger partial charge in [0.1, 0.15) is 11.5 Å². The second-order valence-electron chi connectivity index (χ2n) is 6.80. The number of carbonyl (C=O) groups is 1. The summed E-state index contributed by atoms with van der Waals surface area (Å²) in [4.78, 5) is 15.1. The molecule has 0 saturated carbocycles. The van der Waals surface area contributed by atoms with Gasteiger partial charge >= 0.3 is 0 Å². The molecule has 1 aliphatic rings. The van der Waals surface area contributed by atoms with Gasteiger partial charge in [0.25, 0.3) is 0 Å². The maximum absolute atomic E-state index is 12.9. The number of hydrogen-bond acceptors (Lipinski definition) is 7. The molecular formula is C20H23N5O3S. The largest absolute Gasteiger partial charge is 0.497 e. The van der Waals surface area contributed by atoms with E-state index in [2.05, 4.69) is 20.4 Å². The number of aromatic nitrogens is 3. The molecule has 0 radical (unpaired) electrons. The van der Waals surface area contributed by atoms with Gasteiger partial charge in [-0.2, -0.15) is 0 Å². The third-order valence-electron chi connectivity index (χ3n) is 4.96. The van der Waals surface area contributed by atoms with Crippen LogP contribution >= 0.6 is 11.3 Å². The highest BCUT2D eigenvalue weighted by molar-refractivity contribution is 7.17. The Balaban J connectivity index is 1.45. The topological polar surface area (TPSA) is 81.5 Å². The first-order chi connectivity index (χ1) is 14.2. The van der Waals surface area contributed by atoms with Crippen LogP contribution in [0.4, 0.5) is 10.8 Å². The van der Waals surface area contributed by atoms with Crippen molar-refractivity contribution in [3.63, 3.8) is 0 Å². The van der Waals surface area contributed by atoms with Crippen molar-refractivity contribution in [1.29, 1.82) is 0 Å². The first kappa shape index (κ1) is 19.3. The first-order valence-electron chi connectivity index (χ1n) is 9.42. The molecule has 1 fully saturated rings. The molecule has 0 unspecified atom stereocenters. The standard InChI is InChI=1S/C20H23N5O3S/c1-27-15-7-8-17(28-2)16(12-15)21-18(26)14-6-5-11-25(13-14)20-23-22-19(29-20)24-9-3-4-10-24/h3-4,7-10,12,14H,5-6,11,13H2,1-2H3,(H,21,26)/t14-/m0/s1. The minimum absolute atomic E-state index is 0.0311. The summed E-state index contributed by atoms with van der Waals surface area (Å²) in [7, 11) is 3.17. The summed E-state index contributed by atoms with van der Waals surface area (Å²) in [6, 6.07) is 9.26. The maximum Gasteiger partial charge on any atom is 0.229 e. The molecule has 4 rings (SSSR count). The van der Waals surface area contributed by atoms with E-state index in [0.717, 1.165) is 29.6 Å². The van der Waals surface area contributed by atoms with Crippen LogP contribution < -0.4 is 19.7 Å². The van der Waals surface area contributed by atoms with Crippen molar-refractivity contribution in [2.24, 2.45) is 5.92 Å². The summed E-state index contributed by atoms with van der Waals surface area (Å²) < 4.78 is 12.6. The molecular weight excluding hydrogens is 390 g/mol. The highest BCUT2D eigenvalue weighted by Gasteiger charge is 2.28. The molecule has 152 valence electrons. The molecule has 1 amide bonds. The van der Waals surface area contributed by atoms with Gasteiger partial charge in [0.15, 0.2) is 0 Å². The normalized spacial score (nSPS) is 16.5. The van der Waals surface area contributed by atoms with Crippen LogP contribution in [0.1, 0.15) is 12.8 Å². The number of nitrogens with one attached hydrogen (secondary N) is 1. The summed E-state index contributed by atoms with van der Waals surface area (Å²) in [6.45, 7) is 1.48. The molecule has 29 heavy (non-hydrogen) atoms. The number of rotatable bonds is 6. The zero-order chi connectivity index (χ0) is 20.2. The SMILES string of the molecule is COc1ccc(OC)c(NC(=O)[C@H]2CCCN(c3nnc(-n4cccc4)s3)C2)c1. The number of benzene rings is 1. The van der Waals surface area contributed by atoms with Gasteiger partial charge in [-0.05, 0) is 37.1 Å². The lowest BCUT2D eigenvalue weighted by Gasteiger charge is -2.31. The number of methoxy groups -OCH3 is 2. The van der Waals surface area contributed by atoms with Crippen molar-refractivity contribution >= 4 is 28.1 Å². The minimum Gasteiger partial charge on any atom is -0.497 e. The smallest absolute Gasteiger partial charge is 0.229 e. The number of piperidine rings is 1. The van der Waals surface area contributed by atoms with Gasteiger partial charge in [-0.25, -0.2) is 0 Å². The van der Waals surface area contributed by atoms with Gasteiger partial charge in [-0.15, -0.1) is 10.2 Å². The van der Waals surface area contributed by atoms with Gasteiger partial charge in [0, 0.05) is 31.5 Å². The number of anilines is 2. The molecule has 3 heterocycles. The summed E-state index contributed by atoms with van der Waals surface area (Å²) in [5.41, 5.74) is 0.611. The summed E-state index contributed by atoms with van der Waals surface area (Å²) >= 11 is 1.52. The monoisotopic (exact) mass is 413 g/mol. The molecule has 1 saturated heterocycles. The third-order valence-corrected chi connectivity index (χ3v) is 5.95. The quantitative estimate of drug-likeness (QED) is 0.668. The molecule has 0 bridgehead atoms. The Hall–Kier alpha value is -3.07. The van der Waals surface area contributed by atoms with Crippen LogP contribution in [0.5, 0.6) is 11.5 Å². The number of ether oxygens (including phenoxy) is 2. The highest BCUT2D eigenvalue weighted by Crippen LogP contribution is 2.31. The van der Waals surface area contributed by atoms with E-state index in [9.17, 15) is 4.79 Å². The number of nitrogens with zero attached hydrogens (tertiary/aromatic N) is 4. The average molecular weight is 414 g/mol. The van der Waals surface area contributed by atoms with Crippen molar-refractivity contribution in [1.82, 2.24) is 14.8 Å². The van der Waals surface area contributed by atoms with E-state index in [-0.39, 0.29) is 11.8 Å². The van der Waals surface area contributed by atoms with Gasteiger partial charge < -0.3 is 19.7 Å². The fraction of sp³-hybridized carbons (Fsp3) is 0.350. The molecule has 1 N–H and O–H groups in total. The molecule has 2 aromatic heterocycles. The molecule has 1 atom stereocenters. The Bertz CT molecular complexity index is 972. The summed E-state index contributed by atoms with van der Waals surface area (Å²) in [5.74, 6) is 1.10. The van der Waals surface area contributed by atoms with Crippen LogP contribution in [0.15, 0.2) is 42.7 Å². The molecule has 1 aromatic carbocycles. The van der Waals surface area contributed by atoms with E-state index in [1.54, 1.807) is 32.4 Å². The Morgan fingerprint density at radius 2 is 1.97 bits per heavy atom. The van der Waals surface area contributed by atoms with Crippen LogP contribution in [-0.4, -0.2) is 48.0 Å². The predicted octanol–water partition coefficient (Wildman–Crippen LogP) is 3.20. The van der Waals surface area contributed by atoms with E-state index in [1.165, 1.54) is 11.3 Å². The predicted molar refractivity (Wildman–Crippen MR) is 112 cm³/mol. The van der Waals surface area contributed by atoms with Crippen LogP contribution in [0.3, 0.4) is 0 Å². The van der Waals surface area contributed by atoms with E-state index in [0.29, 0.717) is 23.7 Å². The summed E-state index contributed by atoms with van der Waals surface area (Å²) in [5, 5.41) is 13.3. The fourth-order valence-corrected chi connectivity index (χ4v) is 4.26. The average Bonchev–Trinajstić information content (AvgIpc) is 3.45. The fourth-order valence-electron chi connectivity index (χ4n) is 3.41. The van der Waals surface area contributed by atoms with Crippen molar-refractivity contribution in [3.8, 4) is 16.6 Å². The van der Waals surface area contributed by atoms with E-state index in [1.807, 2.05) is 29.1 Å². The van der Waals surface area contributed by atoms with Crippen molar-refractivity contribution in [2.75, 3.05) is 37.5 Å². The maximum atomic E-state index is 12.9. The van der Waals surface area contributed by atoms with Crippen molar-refractivity contribution in [2.45, 2.75) is 12.8 Å². The lowest BCUT2D eigenvalue weighted by atomic mass is 9.97. The Morgan fingerprint density at radius 3 is 2.72 bits per heavy atom. The van der Waals surface area contributed by atoms with E-state index < -0.39 is 0 Å². The third kappa shape index (κ3) is 4.19.